The molecule has 0 spiro atoms. The van der Waals surface area contributed by atoms with Gasteiger partial charge in [0.05, 0.1) is 7.11 Å². The van der Waals surface area contributed by atoms with Gasteiger partial charge in [-0.3, -0.25) is 0 Å². The van der Waals surface area contributed by atoms with Crippen LogP contribution in [0.15, 0.2) is 42.5 Å². The van der Waals surface area contributed by atoms with Crippen LogP contribution >= 0.6 is 0 Å². The Morgan fingerprint density at radius 3 is 2.62 bits per heavy atom. The van der Waals surface area contributed by atoms with E-state index in [1.54, 1.807) is 7.11 Å². The van der Waals surface area contributed by atoms with E-state index in [1.807, 2.05) is 18.2 Å². The molecule has 0 saturated heterocycles. The molecule has 1 unspecified atom stereocenters. The van der Waals surface area contributed by atoms with Crippen LogP contribution in [0.25, 0.3) is 0 Å². The summed E-state index contributed by atoms with van der Waals surface area (Å²) in [5.41, 5.74) is 4.12. The normalized spacial score (nSPS) is 16.3. The molecule has 0 aromatic heterocycles. The molecule has 0 radical (unpaired) electrons. The number of rotatable bonds is 7. The molecule has 1 aliphatic heterocycles. The van der Waals surface area contributed by atoms with E-state index in [4.69, 9.17) is 9.47 Å². The van der Waals surface area contributed by atoms with Gasteiger partial charge in [-0.1, -0.05) is 43.7 Å². The minimum atomic E-state index is 0.340. The molecule has 0 amide bonds. The molecule has 1 atom stereocenters. The Morgan fingerprint density at radius 2 is 1.88 bits per heavy atom. The van der Waals surface area contributed by atoms with Gasteiger partial charge in [0.25, 0.3) is 0 Å². The Kier molecular flexibility index (Phi) is 5.76. The van der Waals surface area contributed by atoms with Crippen LogP contribution in [0.3, 0.4) is 0 Å². The van der Waals surface area contributed by atoms with Crippen molar-refractivity contribution < 1.29 is 9.47 Å². The number of ether oxygens (including phenoxy) is 2. The largest absolute Gasteiger partial charge is 0.496 e. The molecule has 3 rings (SSSR count). The summed E-state index contributed by atoms with van der Waals surface area (Å²) < 4.78 is 11.4. The second kappa shape index (κ2) is 8.20. The molecule has 1 heterocycles. The molecular weight excluding hydrogens is 298 g/mol. The van der Waals surface area contributed by atoms with Gasteiger partial charge in [-0.2, -0.15) is 0 Å². The zero-order chi connectivity index (χ0) is 16.8. The van der Waals surface area contributed by atoms with E-state index in [1.165, 1.54) is 23.1 Å². The molecule has 0 aliphatic carbocycles. The Labute approximate surface area is 145 Å². The van der Waals surface area contributed by atoms with Crippen LogP contribution in [0, 0.1) is 0 Å². The molecule has 24 heavy (non-hydrogen) atoms. The van der Waals surface area contributed by atoms with Crippen LogP contribution in [-0.4, -0.2) is 26.3 Å². The van der Waals surface area contributed by atoms with Crippen molar-refractivity contribution in [3.8, 4) is 11.5 Å². The lowest BCUT2D eigenvalue weighted by Crippen LogP contribution is -2.40. The second-order valence-corrected chi connectivity index (χ2v) is 6.37. The third kappa shape index (κ3) is 3.90. The second-order valence-electron chi connectivity index (χ2n) is 6.37. The lowest BCUT2D eigenvalue weighted by molar-refractivity contribution is 0.235. The van der Waals surface area contributed by atoms with E-state index in [0.717, 1.165) is 43.9 Å². The highest BCUT2D eigenvalue weighted by atomic mass is 16.5. The van der Waals surface area contributed by atoms with E-state index in [9.17, 15) is 0 Å². The fourth-order valence-corrected chi connectivity index (χ4v) is 3.43. The summed E-state index contributed by atoms with van der Waals surface area (Å²) in [5, 5.41) is 3.65. The summed E-state index contributed by atoms with van der Waals surface area (Å²) in [6.07, 6.45) is 4.37. The van der Waals surface area contributed by atoms with E-state index in [2.05, 4.69) is 36.5 Å². The number of methoxy groups -OCH3 is 1. The average Bonchev–Trinajstić information content (AvgIpc) is 2.63. The Hall–Kier alpha value is -2.00. The molecular formula is C21H27NO2. The van der Waals surface area contributed by atoms with Gasteiger partial charge < -0.3 is 14.8 Å². The minimum Gasteiger partial charge on any atom is -0.496 e. The van der Waals surface area contributed by atoms with Crippen molar-refractivity contribution in [2.45, 2.75) is 38.6 Å². The van der Waals surface area contributed by atoms with Crippen LogP contribution < -0.4 is 14.8 Å². The molecule has 2 aromatic carbocycles. The quantitative estimate of drug-likeness (QED) is 0.840. The van der Waals surface area contributed by atoms with E-state index in [-0.39, 0.29) is 0 Å². The standard InChI is InChI=1S/C21H27NO2/c1-3-7-16-8-4-5-9-17(16)12-13-22-18-14-19-20(23-2)10-6-11-21(19)24-15-18/h4-6,8-11,18,22H,3,7,12-15H2,1-2H3. The van der Waals surface area contributed by atoms with Crippen molar-refractivity contribution in [2.75, 3.05) is 20.3 Å². The predicted molar refractivity (Wildman–Crippen MR) is 98.1 cm³/mol. The maximum atomic E-state index is 5.90. The van der Waals surface area contributed by atoms with Crippen LogP contribution in [0.5, 0.6) is 11.5 Å². The smallest absolute Gasteiger partial charge is 0.126 e. The summed E-state index contributed by atoms with van der Waals surface area (Å²) in [4.78, 5) is 0. The van der Waals surface area contributed by atoms with E-state index < -0.39 is 0 Å². The van der Waals surface area contributed by atoms with Gasteiger partial charge >= 0.3 is 0 Å². The maximum absolute atomic E-state index is 5.90. The predicted octanol–water partition coefficient (Wildman–Crippen LogP) is 3.78. The summed E-state index contributed by atoms with van der Waals surface area (Å²) in [7, 11) is 1.72. The zero-order valence-electron chi connectivity index (χ0n) is 14.7. The number of aryl methyl sites for hydroxylation is 1. The van der Waals surface area contributed by atoms with Crippen molar-refractivity contribution in [3.63, 3.8) is 0 Å². The molecule has 2 aromatic rings. The first-order valence-electron chi connectivity index (χ1n) is 8.90. The Bertz CT molecular complexity index is 654. The van der Waals surface area contributed by atoms with Gasteiger partial charge in [0.1, 0.15) is 18.1 Å². The first-order chi connectivity index (χ1) is 11.8. The number of nitrogens with one attached hydrogen (secondary N) is 1. The first-order valence-corrected chi connectivity index (χ1v) is 8.90. The third-order valence-electron chi connectivity index (χ3n) is 4.67. The molecule has 0 fully saturated rings. The highest BCUT2D eigenvalue weighted by molar-refractivity contribution is 5.46. The minimum absolute atomic E-state index is 0.340. The molecule has 3 heteroatoms. The number of fused-ring (bicyclic) bond motifs is 1. The fourth-order valence-electron chi connectivity index (χ4n) is 3.43. The van der Waals surface area contributed by atoms with Gasteiger partial charge in [-0.05, 0) is 49.1 Å². The van der Waals surface area contributed by atoms with Gasteiger partial charge in [-0.15, -0.1) is 0 Å². The van der Waals surface area contributed by atoms with Crippen LogP contribution in [0.2, 0.25) is 0 Å². The van der Waals surface area contributed by atoms with Crippen molar-refractivity contribution in [1.29, 1.82) is 0 Å². The molecule has 1 aliphatic rings. The summed E-state index contributed by atoms with van der Waals surface area (Å²) in [6, 6.07) is 15.1. The summed E-state index contributed by atoms with van der Waals surface area (Å²) in [6.45, 7) is 3.93. The molecule has 1 N–H and O–H groups in total. The summed E-state index contributed by atoms with van der Waals surface area (Å²) >= 11 is 0. The van der Waals surface area contributed by atoms with E-state index >= 15 is 0 Å². The highest BCUT2D eigenvalue weighted by Gasteiger charge is 2.22. The van der Waals surface area contributed by atoms with Crippen molar-refractivity contribution in [1.82, 2.24) is 5.32 Å². The van der Waals surface area contributed by atoms with E-state index in [0.29, 0.717) is 6.04 Å². The lowest BCUT2D eigenvalue weighted by atomic mass is 9.99. The number of hydrogen-bond acceptors (Lipinski definition) is 3. The van der Waals surface area contributed by atoms with Gasteiger partial charge in [0.15, 0.2) is 0 Å². The Balaban J connectivity index is 1.57. The van der Waals surface area contributed by atoms with Crippen LogP contribution in [0.1, 0.15) is 30.0 Å². The van der Waals surface area contributed by atoms with Gasteiger partial charge in [-0.25, -0.2) is 0 Å². The Morgan fingerprint density at radius 1 is 1.08 bits per heavy atom. The summed E-state index contributed by atoms with van der Waals surface area (Å²) in [5.74, 6) is 1.88. The zero-order valence-corrected chi connectivity index (χ0v) is 14.7. The van der Waals surface area contributed by atoms with Gasteiger partial charge in [0.2, 0.25) is 0 Å². The number of benzene rings is 2. The third-order valence-corrected chi connectivity index (χ3v) is 4.67. The average molecular weight is 325 g/mol. The van der Waals surface area contributed by atoms with Crippen LogP contribution in [0.4, 0.5) is 0 Å². The topological polar surface area (TPSA) is 30.5 Å². The molecule has 0 saturated carbocycles. The first kappa shape index (κ1) is 16.8. The van der Waals surface area contributed by atoms with Gasteiger partial charge in [0, 0.05) is 11.6 Å². The lowest BCUT2D eigenvalue weighted by Gasteiger charge is -2.27. The van der Waals surface area contributed by atoms with Crippen molar-refractivity contribution in [3.05, 3.63) is 59.2 Å². The van der Waals surface area contributed by atoms with Crippen molar-refractivity contribution >= 4 is 0 Å². The maximum Gasteiger partial charge on any atom is 0.126 e. The fraction of sp³-hybridized carbons (Fsp3) is 0.429. The highest BCUT2D eigenvalue weighted by Crippen LogP contribution is 2.32. The molecule has 3 nitrogen and oxygen atoms in total. The number of hydrogen-bond donors (Lipinski definition) is 1. The van der Waals surface area contributed by atoms with Crippen LogP contribution in [-0.2, 0) is 19.3 Å². The monoisotopic (exact) mass is 325 g/mol. The molecule has 128 valence electrons. The SMILES string of the molecule is CCCc1ccccc1CCNC1COc2cccc(OC)c2C1. The van der Waals surface area contributed by atoms with Crippen molar-refractivity contribution in [2.24, 2.45) is 0 Å². The molecule has 0 bridgehead atoms.